The fourth-order valence-corrected chi connectivity index (χ4v) is 3.66. The van der Waals surface area contributed by atoms with Crippen LogP contribution in [0.15, 0.2) is 42.5 Å². The lowest BCUT2D eigenvalue weighted by molar-refractivity contribution is 0.0989. The number of benzene rings is 2. The van der Waals surface area contributed by atoms with Crippen LogP contribution in [0.1, 0.15) is 28.8 Å². The van der Waals surface area contributed by atoms with Crippen molar-refractivity contribution in [2.24, 2.45) is 0 Å². The number of carbonyl (C=O) groups is 1. The van der Waals surface area contributed by atoms with Crippen LogP contribution in [0, 0.1) is 5.82 Å². The van der Waals surface area contributed by atoms with Crippen molar-refractivity contribution in [3.8, 4) is 0 Å². The first-order valence-electron chi connectivity index (χ1n) is 8.75. The molecule has 2 aliphatic rings. The van der Waals surface area contributed by atoms with Gasteiger partial charge in [-0.2, -0.15) is 0 Å². The fraction of sp³-hybridized carbons (Fsp3) is 0.350. The molecule has 2 heterocycles. The van der Waals surface area contributed by atoms with Crippen LogP contribution < -0.4 is 9.80 Å². The minimum absolute atomic E-state index is 0.0926. The van der Waals surface area contributed by atoms with Gasteiger partial charge in [0.05, 0.1) is 11.8 Å². The monoisotopic (exact) mass is 340 g/mol. The summed E-state index contributed by atoms with van der Waals surface area (Å²) < 4.78 is 13.5. The third-order valence-corrected chi connectivity index (χ3v) is 5.13. The summed E-state index contributed by atoms with van der Waals surface area (Å²) in [6, 6.07) is 12.2. The first-order valence-corrected chi connectivity index (χ1v) is 8.75. The number of carbonyl (C=O) groups excluding carboxylic acids is 1. The lowest BCUT2D eigenvalue weighted by Gasteiger charge is -2.31. The van der Waals surface area contributed by atoms with E-state index in [9.17, 15) is 14.3 Å². The number of hydrogen-bond acceptors (Lipinski definition) is 3. The molecule has 0 unspecified atom stereocenters. The lowest BCUT2D eigenvalue weighted by atomic mass is 10.1. The average Bonchev–Trinajstić information content (AvgIpc) is 3.05. The Hall–Kier alpha value is -2.40. The molecule has 5 heteroatoms. The van der Waals surface area contributed by atoms with Crippen LogP contribution in [0.3, 0.4) is 0 Å². The summed E-state index contributed by atoms with van der Waals surface area (Å²) in [7, 11) is 0. The number of anilines is 2. The number of amides is 1. The van der Waals surface area contributed by atoms with Gasteiger partial charge in [-0.25, -0.2) is 4.39 Å². The molecule has 130 valence electrons. The van der Waals surface area contributed by atoms with E-state index in [4.69, 9.17) is 0 Å². The van der Waals surface area contributed by atoms with Gasteiger partial charge in [0.1, 0.15) is 5.82 Å². The largest absolute Gasteiger partial charge is 0.393 e. The number of piperidine rings is 1. The van der Waals surface area contributed by atoms with Crippen LogP contribution in [0.2, 0.25) is 0 Å². The molecule has 4 nitrogen and oxygen atoms in total. The number of aliphatic hydroxyl groups is 1. The van der Waals surface area contributed by atoms with Crippen LogP contribution >= 0.6 is 0 Å². The third kappa shape index (κ3) is 3.12. The first kappa shape index (κ1) is 16.1. The minimum atomic E-state index is -0.318. The molecule has 25 heavy (non-hydrogen) atoms. The van der Waals surface area contributed by atoms with E-state index in [1.54, 1.807) is 11.0 Å². The Morgan fingerprint density at radius 2 is 1.76 bits per heavy atom. The van der Waals surface area contributed by atoms with Gasteiger partial charge in [0.2, 0.25) is 0 Å². The van der Waals surface area contributed by atoms with Gasteiger partial charge < -0.3 is 14.9 Å². The first-order chi connectivity index (χ1) is 12.1. The molecule has 1 N–H and O–H groups in total. The van der Waals surface area contributed by atoms with Gasteiger partial charge in [0.25, 0.3) is 5.91 Å². The van der Waals surface area contributed by atoms with Gasteiger partial charge in [0, 0.05) is 30.9 Å². The summed E-state index contributed by atoms with van der Waals surface area (Å²) in [4.78, 5) is 16.7. The number of rotatable bonds is 2. The van der Waals surface area contributed by atoms with Crippen molar-refractivity contribution in [2.75, 3.05) is 29.4 Å². The highest BCUT2D eigenvalue weighted by Gasteiger charge is 2.26. The summed E-state index contributed by atoms with van der Waals surface area (Å²) in [5.41, 5.74) is 3.37. The second-order valence-electron chi connectivity index (χ2n) is 6.74. The summed E-state index contributed by atoms with van der Waals surface area (Å²) in [6.45, 7) is 2.24. The minimum Gasteiger partial charge on any atom is -0.393 e. The predicted octanol–water partition coefficient (Wildman–Crippen LogP) is 2.99. The van der Waals surface area contributed by atoms with E-state index in [1.165, 1.54) is 12.1 Å². The van der Waals surface area contributed by atoms with E-state index >= 15 is 0 Å². The van der Waals surface area contributed by atoms with Crippen LogP contribution in [0.25, 0.3) is 0 Å². The normalized spacial score (nSPS) is 17.7. The van der Waals surface area contributed by atoms with E-state index in [0.29, 0.717) is 17.8 Å². The number of halogens is 1. The predicted molar refractivity (Wildman–Crippen MR) is 95.7 cm³/mol. The zero-order chi connectivity index (χ0) is 17.4. The van der Waals surface area contributed by atoms with Crippen molar-refractivity contribution < 1.29 is 14.3 Å². The fourth-order valence-electron chi connectivity index (χ4n) is 3.66. The Bertz CT molecular complexity index is 783. The topological polar surface area (TPSA) is 43.8 Å². The molecule has 0 atom stereocenters. The molecular weight excluding hydrogens is 319 g/mol. The van der Waals surface area contributed by atoms with Gasteiger partial charge in [-0.3, -0.25) is 4.79 Å². The van der Waals surface area contributed by atoms with Crippen molar-refractivity contribution in [3.63, 3.8) is 0 Å². The zero-order valence-electron chi connectivity index (χ0n) is 14.0. The Morgan fingerprint density at radius 1 is 1.04 bits per heavy atom. The number of aliphatic hydroxyl groups excluding tert-OH is 1. The van der Waals surface area contributed by atoms with Gasteiger partial charge in [0.15, 0.2) is 0 Å². The molecule has 0 radical (unpaired) electrons. The van der Waals surface area contributed by atoms with Crippen molar-refractivity contribution in [1.82, 2.24) is 0 Å². The van der Waals surface area contributed by atoms with Crippen LogP contribution in [0.4, 0.5) is 15.8 Å². The molecule has 0 bridgehead atoms. The highest BCUT2D eigenvalue weighted by Crippen LogP contribution is 2.30. The molecular formula is C20H21FN2O2. The maximum atomic E-state index is 13.5. The molecule has 0 saturated carbocycles. The number of nitrogens with zero attached hydrogens (tertiary/aromatic N) is 2. The zero-order valence-corrected chi connectivity index (χ0v) is 14.0. The summed E-state index contributed by atoms with van der Waals surface area (Å²) in [6.07, 6.45) is 2.11. The maximum Gasteiger partial charge on any atom is 0.258 e. The van der Waals surface area contributed by atoms with E-state index in [0.717, 1.165) is 43.6 Å². The molecule has 4 rings (SSSR count). The Morgan fingerprint density at radius 3 is 2.48 bits per heavy atom. The molecule has 2 aliphatic heterocycles. The SMILES string of the molecule is O=C(c1ccc(N2CCC(O)CC2)cc1)N1CCc2ccc(F)cc21. The van der Waals surface area contributed by atoms with Gasteiger partial charge in [-0.1, -0.05) is 6.07 Å². The van der Waals surface area contributed by atoms with Crippen molar-refractivity contribution in [3.05, 3.63) is 59.4 Å². The van der Waals surface area contributed by atoms with E-state index in [2.05, 4.69) is 4.90 Å². The lowest BCUT2D eigenvalue weighted by Crippen LogP contribution is -2.35. The van der Waals surface area contributed by atoms with Crippen molar-refractivity contribution in [1.29, 1.82) is 0 Å². The maximum absolute atomic E-state index is 13.5. The third-order valence-electron chi connectivity index (χ3n) is 5.13. The highest BCUT2D eigenvalue weighted by atomic mass is 19.1. The number of hydrogen-bond donors (Lipinski definition) is 1. The number of fused-ring (bicyclic) bond motifs is 1. The molecule has 2 aromatic rings. The van der Waals surface area contributed by atoms with Gasteiger partial charge >= 0.3 is 0 Å². The molecule has 0 aliphatic carbocycles. The molecule has 1 fully saturated rings. The summed E-state index contributed by atoms with van der Waals surface area (Å²) >= 11 is 0. The second-order valence-corrected chi connectivity index (χ2v) is 6.74. The quantitative estimate of drug-likeness (QED) is 0.914. The molecule has 1 amide bonds. The highest BCUT2D eigenvalue weighted by molar-refractivity contribution is 6.07. The Balaban J connectivity index is 1.51. The Labute approximate surface area is 146 Å². The van der Waals surface area contributed by atoms with Crippen molar-refractivity contribution >= 4 is 17.3 Å². The van der Waals surface area contributed by atoms with Crippen molar-refractivity contribution in [2.45, 2.75) is 25.4 Å². The van der Waals surface area contributed by atoms with Gasteiger partial charge in [-0.05, 0) is 61.2 Å². The Kier molecular flexibility index (Phi) is 4.17. The van der Waals surface area contributed by atoms with Crippen LogP contribution in [-0.2, 0) is 6.42 Å². The van der Waals surface area contributed by atoms with Crippen LogP contribution in [0.5, 0.6) is 0 Å². The smallest absolute Gasteiger partial charge is 0.258 e. The summed E-state index contributed by atoms with van der Waals surface area (Å²) in [5.74, 6) is -0.411. The molecule has 0 spiro atoms. The standard InChI is InChI=1S/C20H21FN2O2/c21-16-4-1-14-7-12-23(19(14)13-16)20(25)15-2-5-17(6-3-15)22-10-8-18(24)9-11-22/h1-6,13,18,24H,7-12H2. The van der Waals surface area contributed by atoms with E-state index in [1.807, 2.05) is 24.3 Å². The molecule has 2 aromatic carbocycles. The van der Waals surface area contributed by atoms with E-state index in [-0.39, 0.29) is 17.8 Å². The summed E-state index contributed by atoms with van der Waals surface area (Å²) in [5, 5.41) is 9.61. The van der Waals surface area contributed by atoms with Gasteiger partial charge in [-0.15, -0.1) is 0 Å². The second kappa shape index (κ2) is 6.48. The molecule has 0 aromatic heterocycles. The molecule has 1 saturated heterocycles. The van der Waals surface area contributed by atoms with Crippen LogP contribution in [-0.4, -0.2) is 36.8 Å². The average molecular weight is 340 g/mol. The van der Waals surface area contributed by atoms with E-state index < -0.39 is 0 Å².